The second-order valence-corrected chi connectivity index (χ2v) is 5.41. The third-order valence-corrected chi connectivity index (χ3v) is 3.81. The zero-order valence-electron chi connectivity index (χ0n) is 12.1. The Morgan fingerprint density at radius 2 is 1.73 bits per heavy atom. The SMILES string of the molecule is O=C(NCc1ccccn1)C1(C(=O)Nc2ccccc2)CC1. The van der Waals surface area contributed by atoms with Crippen LogP contribution in [0, 0.1) is 5.41 Å². The lowest BCUT2D eigenvalue weighted by molar-refractivity contribution is -0.134. The van der Waals surface area contributed by atoms with E-state index in [4.69, 9.17) is 0 Å². The fourth-order valence-corrected chi connectivity index (χ4v) is 2.30. The van der Waals surface area contributed by atoms with E-state index in [1.165, 1.54) is 0 Å². The molecular formula is C17H17N3O2. The van der Waals surface area contributed by atoms with Crippen LogP contribution in [0.15, 0.2) is 54.7 Å². The molecule has 112 valence electrons. The van der Waals surface area contributed by atoms with Gasteiger partial charge in [-0.3, -0.25) is 14.6 Å². The number of benzene rings is 1. The molecule has 0 unspecified atom stereocenters. The molecule has 1 aliphatic rings. The van der Waals surface area contributed by atoms with Crippen molar-refractivity contribution >= 4 is 17.5 Å². The van der Waals surface area contributed by atoms with Crippen LogP contribution in [0.1, 0.15) is 18.5 Å². The first-order valence-electron chi connectivity index (χ1n) is 7.25. The topological polar surface area (TPSA) is 71.1 Å². The molecular weight excluding hydrogens is 278 g/mol. The number of pyridine rings is 1. The Balaban J connectivity index is 1.60. The number of nitrogens with zero attached hydrogens (tertiary/aromatic N) is 1. The molecule has 5 nitrogen and oxygen atoms in total. The highest BCUT2D eigenvalue weighted by Crippen LogP contribution is 2.46. The van der Waals surface area contributed by atoms with Crippen LogP contribution in [0.3, 0.4) is 0 Å². The number of anilines is 1. The minimum Gasteiger partial charge on any atom is -0.350 e. The summed E-state index contributed by atoms with van der Waals surface area (Å²) in [7, 11) is 0. The molecule has 3 rings (SSSR count). The van der Waals surface area contributed by atoms with Crippen molar-refractivity contribution in [2.75, 3.05) is 5.32 Å². The summed E-state index contributed by atoms with van der Waals surface area (Å²) < 4.78 is 0. The van der Waals surface area contributed by atoms with Gasteiger partial charge in [-0.25, -0.2) is 0 Å². The number of carbonyl (C=O) groups is 2. The molecule has 22 heavy (non-hydrogen) atoms. The van der Waals surface area contributed by atoms with Gasteiger partial charge in [-0.2, -0.15) is 0 Å². The predicted molar refractivity (Wildman–Crippen MR) is 82.8 cm³/mol. The summed E-state index contributed by atoms with van der Waals surface area (Å²) in [6, 6.07) is 14.7. The Labute approximate surface area is 128 Å². The lowest BCUT2D eigenvalue weighted by atomic mass is 10.0. The molecule has 2 aromatic rings. The van der Waals surface area contributed by atoms with E-state index >= 15 is 0 Å². The maximum absolute atomic E-state index is 12.4. The molecule has 1 aliphatic carbocycles. The van der Waals surface area contributed by atoms with Crippen molar-refractivity contribution in [2.45, 2.75) is 19.4 Å². The minimum atomic E-state index is -0.926. The number of para-hydroxylation sites is 1. The normalized spacial score (nSPS) is 14.9. The summed E-state index contributed by atoms with van der Waals surface area (Å²) in [5.74, 6) is -0.469. The van der Waals surface area contributed by atoms with E-state index in [1.54, 1.807) is 18.3 Å². The van der Waals surface area contributed by atoms with E-state index in [0.717, 1.165) is 5.69 Å². The van der Waals surface area contributed by atoms with Crippen molar-refractivity contribution in [2.24, 2.45) is 5.41 Å². The van der Waals surface area contributed by atoms with E-state index in [0.29, 0.717) is 25.1 Å². The molecule has 2 amide bonds. The van der Waals surface area contributed by atoms with Gasteiger partial charge in [0.2, 0.25) is 11.8 Å². The van der Waals surface area contributed by atoms with Crippen molar-refractivity contribution in [1.82, 2.24) is 10.3 Å². The van der Waals surface area contributed by atoms with E-state index in [2.05, 4.69) is 15.6 Å². The summed E-state index contributed by atoms with van der Waals surface area (Å²) in [5, 5.41) is 5.61. The van der Waals surface area contributed by atoms with Crippen LogP contribution in [0.25, 0.3) is 0 Å². The van der Waals surface area contributed by atoms with Gasteiger partial charge in [0.1, 0.15) is 5.41 Å². The van der Waals surface area contributed by atoms with E-state index in [9.17, 15) is 9.59 Å². The van der Waals surface area contributed by atoms with Gasteiger partial charge < -0.3 is 10.6 Å². The Bertz CT molecular complexity index is 667. The van der Waals surface area contributed by atoms with Crippen LogP contribution in [0.4, 0.5) is 5.69 Å². The van der Waals surface area contributed by atoms with Crippen LogP contribution in [0.5, 0.6) is 0 Å². The number of nitrogens with one attached hydrogen (secondary N) is 2. The van der Waals surface area contributed by atoms with Gasteiger partial charge in [-0.1, -0.05) is 24.3 Å². The van der Waals surface area contributed by atoms with Gasteiger partial charge in [0.15, 0.2) is 0 Å². The first-order valence-corrected chi connectivity index (χ1v) is 7.25. The number of rotatable bonds is 5. The molecule has 1 aromatic carbocycles. The monoisotopic (exact) mass is 295 g/mol. The van der Waals surface area contributed by atoms with Crippen LogP contribution in [-0.4, -0.2) is 16.8 Å². The van der Waals surface area contributed by atoms with Crippen LogP contribution in [0.2, 0.25) is 0 Å². The molecule has 0 radical (unpaired) electrons. The van der Waals surface area contributed by atoms with Gasteiger partial charge in [0.25, 0.3) is 0 Å². The maximum atomic E-state index is 12.4. The first kappa shape index (κ1) is 14.3. The third kappa shape index (κ3) is 2.98. The van der Waals surface area contributed by atoms with Crippen LogP contribution >= 0.6 is 0 Å². The average Bonchev–Trinajstić information content (AvgIpc) is 3.36. The van der Waals surface area contributed by atoms with Gasteiger partial charge in [-0.05, 0) is 37.1 Å². The highest BCUT2D eigenvalue weighted by molar-refractivity contribution is 6.13. The number of hydrogen-bond acceptors (Lipinski definition) is 3. The summed E-state index contributed by atoms with van der Waals surface area (Å²) in [6.07, 6.45) is 2.84. The van der Waals surface area contributed by atoms with Crippen molar-refractivity contribution in [3.63, 3.8) is 0 Å². The fourth-order valence-electron chi connectivity index (χ4n) is 2.30. The highest BCUT2D eigenvalue weighted by atomic mass is 16.2. The number of hydrogen-bond donors (Lipinski definition) is 2. The summed E-state index contributed by atoms with van der Waals surface area (Å²) in [5.41, 5.74) is 0.552. The number of amides is 2. The molecule has 0 bridgehead atoms. The first-order chi connectivity index (χ1) is 10.7. The summed E-state index contributed by atoms with van der Waals surface area (Å²) in [6.45, 7) is 0.333. The van der Waals surface area contributed by atoms with E-state index in [-0.39, 0.29) is 11.8 Å². The van der Waals surface area contributed by atoms with Crippen molar-refractivity contribution < 1.29 is 9.59 Å². The zero-order valence-corrected chi connectivity index (χ0v) is 12.1. The molecule has 0 aliphatic heterocycles. The predicted octanol–water partition coefficient (Wildman–Crippen LogP) is 2.12. The molecule has 5 heteroatoms. The summed E-state index contributed by atoms with van der Waals surface area (Å²) >= 11 is 0. The Hall–Kier alpha value is -2.69. The van der Waals surface area contributed by atoms with Crippen molar-refractivity contribution in [1.29, 1.82) is 0 Å². The second kappa shape index (κ2) is 5.97. The number of carbonyl (C=O) groups excluding carboxylic acids is 2. The van der Waals surface area contributed by atoms with Gasteiger partial charge in [0.05, 0.1) is 12.2 Å². The smallest absolute Gasteiger partial charge is 0.240 e. The lowest BCUT2D eigenvalue weighted by Gasteiger charge is -2.15. The molecule has 1 aromatic heterocycles. The zero-order chi connectivity index (χ0) is 15.4. The second-order valence-electron chi connectivity index (χ2n) is 5.41. The Kier molecular flexibility index (Phi) is 3.87. The fraction of sp³-hybridized carbons (Fsp3) is 0.235. The Morgan fingerprint density at radius 1 is 1.00 bits per heavy atom. The molecule has 1 saturated carbocycles. The molecule has 2 N–H and O–H groups in total. The van der Waals surface area contributed by atoms with Crippen LogP contribution in [-0.2, 0) is 16.1 Å². The van der Waals surface area contributed by atoms with Crippen molar-refractivity contribution in [3.8, 4) is 0 Å². The average molecular weight is 295 g/mol. The van der Waals surface area contributed by atoms with Crippen molar-refractivity contribution in [3.05, 3.63) is 60.4 Å². The molecule has 0 saturated heterocycles. The third-order valence-electron chi connectivity index (χ3n) is 3.81. The van der Waals surface area contributed by atoms with Gasteiger partial charge >= 0.3 is 0 Å². The molecule has 1 fully saturated rings. The Morgan fingerprint density at radius 3 is 2.36 bits per heavy atom. The van der Waals surface area contributed by atoms with Gasteiger partial charge in [0, 0.05) is 11.9 Å². The molecule has 1 heterocycles. The largest absolute Gasteiger partial charge is 0.350 e. The number of aromatic nitrogens is 1. The quantitative estimate of drug-likeness (QED) is 0.830. The standard InChI is InChI=1S/C17H17N3O2/c21-15(19-12-14-8-4-5-11-18-14)17(9-10-17)16(22)20-13-6-2-1-3-7-13/h1-8,11H,9-10,12H2,(H,19,21)(H,20,22). The van der Waals surface area contributed by atoms with E-state index in [1.807, 2.05) is 36.4 Å². The summed E-state index contributed by atoms with van der Waals surface area (Å²) in [4.78, 5) is 28.8. The van der Waals surface area contributed by atoms with Crippen LogP contribution < -0.4 is 10.6 Å². The van der Waals surface area contributed by atoms with Gasteiger partial charge in [-0.15, -0.1) is 0 Å². The molecule has 0 spiro atoms. The molecule has 0 atom stereocenters. The maximum Gasteiger partial charge on any atom is 0.240 e. The highest BCUT2D eigenvalue weighted by Gasteiger charge is 2.56. The van der Waals surface area contributed by atoms with E-state index < -0.39 is 5.41 Å². The lowest BCUT2D eigenvalue weighted by Crippen LogP contribution is -2.39. The minimum absolute atomic E-state index is 0.230.